The number of ether oxygens (including phenoxy) is 1. The second-order valence-electron chi connectivity index (χ2n) is 7.73. The number of guanidine groups is 1. The van der Waals surface area contributed by atoms with E-state index in [0.29, 0.717) is 25.3 Å². The molecule has 1 saturated carbocycles. The van der Waals surface area contributed by atoms with Crippen molar-refractivity contribution in [3.8, 4) is 6.19 Å². The standard InChI is InChI=1S/C20H21N7O3/c1-12(28)24-7-15-8-27(19(29)30-15)14-5-3-13(4-6-14)20(23-2)16-9-26(10-17(16)20)18(22)25-11-21/h3-6,15-17H,7-10H2,1H3,(H2,22,25)(H,24,28)/t15-,16-,17+,20?/m0/s1. The molecule has 4 atom stereocenters. The average molecular weight is 407 g/mol. The van der Waals surface area contributed by atoms with E-state index in [1.807, 2.05) is 29.2 Å². The van der Waals surface area contributed by atoms with Crippen LogP contribution in [0.5, 0.6) is 0 Å². The fourth-order valence-corrected chi connectivity index (χ4v) is 4.58. The summed E-state index contributed by atoms with van der Waals surface area (Å²) in [6.07, 6.45) is 0.839. The molecule has 3 aliphatic rings. The predicted molar refractivity (Wildman–Crippen MR) is 107 cm³/mol. The summed E-state index contributed by atoms with van der Waals surface area (Å²) in [7, 11) is 0. The van der Waals surface area contributed by atoms with Crippen molar-refractivity contribution in [3.63, 3.8) is 0 Å². The minimum absolute atomic E-state index is 0.132. The highest BCUT2D eigenvalue weighted by atomic mass is 16.6. The molecular formula is C20H21N7O3. The van der Waals surface area contributed by atoms with Crippen LogP contribution < -0.4 is 16.0 Å². The van der Waals surface area contributed by atoms with E-state index in [4.69, 9.17) is 22.3 Å². The van der Waals surface area contributed by atoms with Gasteiger partial charge in [-0.3, -0.25) is 9.69 Å². The van der Waals surface area contributed by atoms with Gasteiger partial charge < -0.3 is 25.5 Å². The number of carbonyl (C=O) groups is 2. The SMILES string of the molecule is [C-]#[N+]C1(c2ccc(N3C[C@H](CNC(C)=O)OC3=O)cc2)[C@@H]2CN(C(N)=NC#N)C[C@@H]21. The number of nitriles is 1. The Bertz CT molecular complexity index is 979. The molecule has 30 heavy (non-hydrogen) atoms. The molecule has 1 aromatic rings. The van der Waals surface area contributed by atoms with E-state index in [9.17, 15) is 9.59 Å². The molecule has 1 aliphatic carbocycles. The molecule has 2 aliphatic heterocycles. The van der Waals surface area contributed by atoms with Crippen LogP contribution in [0.4, 0.5) is 10.5 Å². The van der Waals surface area contributed by atoms with Gasteiger partial charge in [0, 0.05) is 31.3 Å². The van der Waals surface area contributed by atoms with Crippen molar-refractivity contribution < 1.29 is 14.3 Å². The van der Waals surface area contributed by atoms with Gasteiger partial charge in [0.15, 0.2) is 0 Å². The molecule has 4 rings (SSSR count). The Morgan fingerprint density at radius 2 is 2.07 bits per heavy atom. The number of piperidine rings is 1. The summed E-state index contributed by atoms with van der Waals surface area (Å²) in [5.74, 6) is 0.284. The van der Waals surface area contributed by atoms with Crippen LogP contribution in [0.2, 0.25) is 0 Å². The zero-order valence-electron chi connectivity index (χ0n) is 16.4. The van der Waals surface area contributed by atoms with E-state index >= 15 is 0 Å². The normalized spacial score (nSPS) is 29.6. The monoisotopic (exact) mass is 407 g/mol. The number of likely N-dealkylation sites (tertiary alicyclic amines) is 1. The van der Waals surface area contributed by atoms with Crippen LogP contribution in [0.25, 0.3) is 4.85 Å². The summed E-state index contributed by atoms with van der Waals surface area (Å²) in [4.78, 5) is 34.1. The van der Waals surface area contributed by atoms with Gasteiger partial charge in [-0.15, -0.1) is 4.99 Å². The quantitative estimate of drug-likeness (QED) is 0.326. The molecule has 0 bridgehead atoms. The summed E-state index contributed by atoms with van der Waals surface area (Å²) in [6, 6.07) is 7.41. The minimum Gasteiger partial charge on any atom is -0.442 e. The van der Waals surface area contributed by atoms with E-state index in [2.05, 4.69) is 15.2 Å². The van der Waals surface area contributed by atoms with Gasteiger partial charge in [0.25, 0.3) is 5.54 Å². The molecule has 10 heteroatoms. The third kappa shape index (κ3) is 3.07. The molecule has 2 saturated heterocycles. The van der Waals surface area contributed by atoms with Gasteiger partial charge in [0.1, 0.15) is 6.10 Å². The number of hydrogen-bond acceptors (Lipinski definition) is 5. The number of benzene rings is 1. The number of rotatable bonds is 4. The van der Waals surface area contributed by atoms with Gasteiger partial charge in [0.05, 0.1) is 24.9 Å². The van der Waals surface area contributed by atoms with Crippen LogP contribution >= 0.6 is 0 Å². The number of amides is 2. The lowest BCUT2D eigenvalue weighted by Gasteiger charge is -2.21. The Labute approximate surface area is 173 Å². The first-order chi connectivity index (χ1) is 14.4. The molecule has 3 fully saturated rings. The van der Waals surface area contributed by atoms with E-state index in [0.717, 1.165) is 5.56 Å². The number of fused-ring (bicyclic) bond motifs is 1. The van der Waals surface area contributed by atoms with Gasteiger partial charge in [-0.1, -0.05) is 0 Å². The molecule has 2 heterocycles. The first-order valence-electron chi connectivity index (χ1n) is 9.59. The average Bonchev–Trinajstić information content (AvgIpc) is 3.02. The van der Waals surface area contributed by atoms with Crippen molar-refractivity contribution in [2.75, 3.05) is 31.1 Å². The number of carbonyl (C=O) groups excluding carboxylic acids is 2. The van der Waals surface area contributed by atoms with Gasteiger partial charge in [-0.2, -0.15) is 5.26 Å². The predicted octanol–water partition coefficient (Wildman–Crippen LogP) is 0.620. The van der Waals surface area contributed by atoms with Crippen molar-refractivity contribution in [1.82, 2.24) is 10.2 Å². The van der Waals surface area contributed by atoms with Crippen molar-refractivity contribution in [1.29, 1.82) is 5.26 Å². The lowest BCUT2D eigenvalue weighted by Crippen LogP contribution is -2.39. The van der Waals surface area contributed by atoms with Crippen LogP contribution in [0.3, 0.4) is 0 Å². The van der Waals surface area contributed by atoms with Crippen LogP contribution in [0, 0.1) is 29.9 Å². The molecule has 3 N–H and O–H groups in total. The maximum atomic E-state index is 12.2. The third-order valence-electron chi connectivity index (χ3n) is 6.11. The minimum atomic E-state index is -0.596. The Hall–Kier alpha value is -3.79. The van der Waals surface area contributed by atoms with Crippen LogP contribution in [-0.4, -0.2) is 55.1 Å². The highest BCUT2D eigenvalue weighted by Gasteiger charge is 2.77. The first-order valence-corrected chi connectivity index (χ1v) is 9.59. The largest absolute Gasteiger partial charge is 0.442 e. The molecule has 1 unspecified atom stereocenters. The molecule has 0 radical (unpaired) electrons. The molecule has 10 nitrogen and oxygen atoms in total. The van der Waals surface area contributed by atoms with Gasteiger partial charge in [0.2, 0.25) is 18.1 Å². The number of cyclic esters (lactones) is 1. The molecule has 154 valence electrons. The molecule has 0 spiro atoms. The number of aliphatic imine (C=N–C) groups is 1. The number of nitrogens with one attached hydrogen (secondary N) is 1. The second kappa shape index (κ2) is 7.23. The fourth-order valence-electron chi connectivity index (χ4n) is 4.58. The summed E-state index contributed by atoms with van der Waals surface area (Å²) in [6.45, 7) is 11.0. The maximum absolute atomic E-state index is 12.2. The summed E-state index contributed by atoms with van der Waals surface area (Å²) < 4.78 is 5.30. The number of anilines is 1. The first kappa shape index (κ1) is 19.5. The Morgan fingerprint density at radius 3 is 2.63 bits per heavy atom. The molecule has 2 amide bonds. The Kier molecular flexibility index (Phi) is 4.70. The number of nitrogens with two attached hydrogens (primary N) is 1. The van der Waals surface area contributed by atoms with Crippen LogP contribution in [-0.2, 0) is 15.1 Å². The lowest BCUT2D eigenvalue weighted by atomic mass is 9.99. The zero-order chi connectivity index (χ0) is 21.5. The Balaban J connectivity index is 1.44. The molecular weight excluding hydrogens is 386 g/mol. The van der Waals surface area contributed by atoms with Crippen molar-refractivity contribution >= 4 is 23.6 Å². The Morgan fingerprint density at radius 1 is 1.40 bits per heavy atom. The summed E-state index contributed by atoms with van der Waals surface area (Å²) >= 11 is 0. The summed E-state index contributed by atoms with van der Waals surface area (Å²) in [5.41, 5.74) is 6.80. The molecule has 0 aromatic heterocycles. The van der Waals surface area contributed by atoms with E-state index < -0.39 is 17.7 Å². The van der Waals surface area contributed by atoms with Crippen LogP contribution in [0.15, 0.2) is 29.3 Å². The van der Waals surface area contributed by atoms with Crippen LogP contribution in [0.1, 0.15) is 12.5 Å². The van der Waals surface area contributed by atoms with Crippen molar-refractivity contribution in [2.24, 2.45) is 22.6 Å². The zero-order valence-corrected chi connectivity index (χ0v) is 16.4. The van der Waals surface area contributed by atoms with Gasteiger partial charge in [-0.05, 0) is 24.3 Å². The summed E-state index contributed by atoms with van der Waals surface area (Å²) in [5, 5.41) is 11.3. The number of nitrogens with zero attached hydrogens (tertiary/aromatic N) is 5. The van der Waals surface area contributed by atoms with Gasteiger partial charge >= 0.3 is 6.09 Å². The topological polar surface area (TPSA) is 128 Å². The number of hydrogen-bond donors (Lipinski definition) is 2. The van der Waals surface area contributed by atoms with Crippen molar-refractivity contribution in [3.05, 3.63) is 41.2 Å². The second-order valence-corrected chi connectivity index (χ2v) is 7.73. The highest BCUT2D eigenvalue weighted by Crippen LogP contribution is 2.64. The lowest BCUT2D eigenvalue weighted by molar-refractivity contribution is -0.119. The third-order valence-corrected chi connectivity index (χ3v) is 6.11. The van der Waals surface area contributed by atoms with E-state index in [-0.39, 0.29) is 30.2 Å². The smallest absolute Gasteiger partial charge is 0.414 e. The highest BCUT2D eigenvalue weighted by molar-refractivity contribution is 5.90. The van der Waals surface area contributed by atoms with Crippen molar-refractivity contribution in [2.45, 2.75) is 18.6 Å². The fraction of sp³-hybridized carbons (Fsp3) is 0.450. The van der Waals surface area contributed by atoms with E-state index in [1.165, 1.54) is 11.8 Å². The van der Waals surface area contributed by atoms with E-state index in [1.54, 1.807) is 6.19 Å². The molecule has 1 aromatic carbocycles. The van der Waals surface area contributed by atoms with Gasteiger partial charge in [-0.25, -0.2) is 11.4 Å². The maximum Gasteiger partial charge on any atom is 0.414 e.